The fraction of sp³-hybridized carbons (Fsp3) is 0.167. The third kappa shape index (κ3) is 4.55. The number of hydrogen-bond donors (Lipinski definition) is 1. The number of aryl methyl sites for hydroxylation is 2. The van der Waals surface area contributed by atoms with Crippen molar-refractivity contribution in [2.45, 2.75) is 31.2 Å². The maximum atomic E-state index is 12.7. The molecule has 3 aromatic heterocycles. The number of carbonyl (C=O) groups is 1. The molecule has 1 unspecified atom stereocenters. The van der Waals surface area contributed by atoms with E-state index >= 15 is 0 Å². The molecule has 5 rings (SSSR count). The SMILES string of the molecule is Cc1ccc2nc(-c3ccc(NC(=O)C(C)Sc4nnc(-c5ccoc5C)o4)cc3)sc2c1. The lowest BCUT2D eigenvalue weighted by Gasteiger charge is -2.10. The molecule has 0 aliphatic heterocycles. The maximum absolute atomic E-state index is 12.7. The number of nitrogens with one attached hydrogen (secondary N) is 1. The van der Waals surface area contributed by atoms with E-state index in [1.807, 2.05) is 37.3 Å². The van der Waals surface area contributed by atoms with Gasteiger partial charge in [-0.05, 0) is 68.8 Å². The van der Waals surface area contributed by atoms with E-state index in [4.69, 9.17) is 13.8 Å². The highest BCUT2D eigenvalue weighted by Crippen LogP contribution is 2.32. The van der Waals surface area contributed by atoms with Gasteiger partial charge in [0.05, 0.1) is 27.3 Å². The van der Waals surface area contributed by atoms with Crippen LogP contribution in [0.2, 0.25) is 0 Å². The van der Waals surface area contributed by atoms with Crippen LogP contribution in [0.1, 0.15) is 18.2 Å². The van der Waals surface area contributed by atoms with Gasteiger partial charge < -0.3 is 14.2 Å². The molecule has 0 saturated heterocycles. The number of rotatable bonds is 6. The lowest BCUT2D eigenvalue weighted by molar-refractivity contribution is -0.115. The Morgan fingerprint density at radius 2 is 1.91 bits per heavy atom. The molecule has 0 aliphatic rings. The lowest BCUT2D eigenvalue weighted by Crippen LogP contribution is -2.22. The van der Waals surface area contributed by atoms with Crippen molar-refractivity contribution in [3.8, 4) is 22.0 Å². The van der Waals surface area contributed by atoms with Crippen LogP contribution in [0.3, 0.4) is 0 Å². The minimum Gasteiger partial charge on any atom is -0.469 e. The van der Waals surface area contributed by atoms with Gasteiger partial charge >= 0.3 is 0 Å². The van der Waals surface area contributed by atoms with Crippen molar-refractivity contribution in [2.24, 2.45) is 0 Å². The minimum atomic E-state index is -0.420. The number of amides is 1. The standard InChI is InChI=1S/C24H20N4O3S2/c1-13-4-9-19-20(12-13)33-23(26-19)16-5-7-17(8-6-16)25-21(29)15(3)32-24-28-27-22(31-24)18-10-11-30-14(18)2/h4-12,15H,1-3H3,(H,25,29). The van der Waals surface area contributed by atoms with Gasteiger partial charge in [-0.2, -0.15) is 0 Å². The number of anilines is 1. The summed E-state index contributed by atoms with van der Waals surface area (Å²) in [7, 11) is 0. The quantitative estimate of drug-likeness (QED) is 0.286. The first kappa shape index (κ1) is 21.4. The van der Waals surface area contributed by atoms with Gasteiger partial charge in [0.25, 0.3) is 11.1 Å². The van der Waals surface area contributed by atoms with E-state index in [-0.39, 0.29) is 5.91 Å². The van der Waals surface area contributed by atoms with Gasteiger partial charge in [0, 0.05) is 11.3 Å². The fourth-order valence-corrected chi connectivity index (χ4v) is 5.03. The molecule has 0 fully saturated rings. The first-order valence-electron chi connectivity index (χ1n) is 10.3. The summed E-state index contributed by atoms with van der Waals surface area (Å²) in [6, 6.07) is 15.7. The summed E-state index contributed by atoms with van der Waals surface area (Å²) >= 11 is 2.87. The second-order valence-corrected chi connectivity index (χ2v) is 9.90. The summed E-state index contributed by atoms with van der Waals surface area (Å²) in [5.41, 5.74) is 4.69. The largest absolute Gasteiger partial charge is 0.469 e. The van der Waals surface area contributed by atoms with Crippen molar-refractivity contribution in [1.29, 1.82) is 0 Å². The first-order valence-corrected chi connectivity index (χ1v) is 12.0. The van der Waals surface area contributed by atoms with Gasteiger partial charge in [-0.1, -0.05) is 17.8 Å². The summed E-state index contributed by atoms with van der Waals surface area (Å²) < 4.78 is 12.1. The van der Waals surface area contributed by atoms with E-state index in [2.05, 4.69) is 34.6 Å². The van der Waals surface area contributed by atoms with Gasteiger partial charge in [0.15, 0.2) is 0 Å². The Balaban J connectivity index is 1.23. The average Bonchev–Trinajstić information content (AvgIpc) is 3.53. The number of aromatic nitrogens is 3. The number of thiazole rings is 1. The van der Waals surface area contributed by atoms with Crippen LogP contribution in [0.25, 0.3) is 32.2 Å². The zero-order chi connectivity index (χ0) is 22.9. The number of nitrogens with zero attached hydrogens (tertiary/aromatic N) is 3. The van der Waals surface area contributed by atoms with Crippen LogP contribution >= 0.6 is 23.1 Å². The molecule has 1 N–H and O–H groups in total. The van der Waals surface area contributed by atoms with Crippen LogP contribution in [0.15, 0.2) is 68.9 Å². The highest BCUT2D eigenvalue weighted by Gasteiger charge is 2.20. The number of benzene rings is 2. The summed E-state index contributed by atoms with van der Waals surface area (Å²) in [5, 5.41) is 11.9. The molecule has 33 heavy (non-hydrogen) atoms. The van der Waals surface area contributed by atoms with Crippen LogP contribution < -0.4 is 5.32 Å². The zero-order valence-electron chi connectivity index (χ0n) is 18.2. The summed E-state index contributed by atoms with van der Waals surface area (Å²) in [6.07, 6.45) is 1.57. The summed E-state index contributed by atoms with van der Waals surface area (Å²) in [4.78, 5) is 17.4. The Bertz CT molecular complexity index is 1440. The monoisotopic (exact) mass is 476 g/mol. The number of carbonyl (C=O) groups excluding carboxylic acids is 1. The van der Waals surface area contributed by atoms with Gasteiger partial charge in [-0.25, -0.2) is 4.98 Å². The Kier molecular flexibility index (Phi) is 5.74. The molecule has 1 amide bonds. The topological polar surface area (TPSA) is 94.1 Å². The number of fused-ring (bicyclic) bond motifs is 1. The molecular formula is C24H20N4O3S2. The number of furan rings is 1. The van der Waals surface area contributed by atoms with E-state index < -0.39 is 5.25 Å². The third-order valence-electron chi connectivity index (χ3n) is 5.09. The van der Waals surface area contributed by atoms with E-state index in [9.17, 15) is 4.79 Å². The van der Waals surface area contributed by atoms with E-state index in [1.54, 1.807) is 30.6 Å². The minimum absolute atomic E-state index is 0.151. The number of hydrogen-bond acceptors (Lipinski definition) is 8. The average molecular weight is 477 g/mol. The molecular weight excluding hydrogens is 456 g/mol. The Hall–Kier alpha value is -3.43. The maximum Gasteiger partial charge on any atom is 0.277 e. The van der Waals surface area contributed by atoms with Crippen LogP contribution in [-0.2, 0) is 4.79 Å². The van der Waals surface area contributed by atoms with Crippen LogP contribution in [-0.4, -0.2) is 26.3 Å². The third-order valence-corrected chi connectivity index (χ3v) is 7.09. The molecule has 166 valence electrons. The predicted molar refractivity (Wildman–Crippen MR) is 130 cm³/mol. The summed E-state index contributed by atoms with van der Waals surface area (Å²) in [5.74, 6) is 0.921. The van der Waals surface area contributed by atoms with Gasteiger partial charge in [0.1, 0.15) is 10.8 Å². The molecule has 0 spiro atoms. The van der Waals surface area contributed by atoms with Crippen molar-refractivity contribution in [3.05, 3.63) is 66.1 Å². The Morgan fingerprint density at radius 1 is 1.09 bits per heavy atom. The van der Waals surface area contributed by atoms with Crippen molar-refractivity contribution >= 4 is 44.9 Å². The molecule has 7 nitrogen and oxygen atoms in total. The molecule has 0 radical (unpaired) electrons. The van der Waals surface area contributed by atoms with E-state index in [0.717, 1.165) is 21.7 Å². The molecule has 0 bridgehead atoms. The Labute approximate surface area is 198 Å². The number of thioether (sulfide) groups is 1. The van der Waals surface area contributed by atoms with Crippen molar-refractivity contribution < 1.29 is 13.6 Å². The second kappa shape index (κ2) is 8.84. The fourth-order valence-electron chi connectivity index (χ4n) is 3.27. The molecule has 0 saturated carbocycles. The van der Waals surface area contributed by atoms with Gasteiger partial charge in [0.2, 0.25) is 5.91 Å². The van der Waals surface area contributed by atoms with Crippen LogP contribution in [0.5, 0.6) is 0 Å². The first-order chi connectivity index (χ1) is 16.0. The van der Waals surface area contributed by atoms with E-state index in [0.29, 0.717) is 22.6 Å². The van der Waals surface area contributed by atoms with Crippen LogP contribution in [0, 0.1) is 13.8 Å². The smallest absolute Gasteiger partial charge is 0.277 e. The van der Waals surface area contributed by atoms with Gasteiger partial charge in [-0.3, -0.25) is 4.79 Å². The molecule has 9 heteroatoms. The van der Waals surface area contributed by atoms with E-state index in [1.165, 1.54) is 22.0 Å². The van der Waals surface area contributed by atoms with Crippen molar-refractivity contribution in [2.75, 3.05) is 5.32 Å². The van der Waals surface area contributed by atoms with Crippen LogP contribution in [0.4, 0.5) is 5.69 Å². The second-order valence-electron chi connectivity index (χ2n) is 7.58. The lowest BCUT2D eigenvalue weighted by atomic mass is 10.2. The Morgan fingerprint density at radius 3 is 2.67 bits per heavy atom. The molecule has 0 aliphatic carbocycles. The van der Waals surface area contributed by atoms with Crippen molar-refractivity contribution in [3.63, 3.8) is 0 Å². The molecule has 3 heterocycles. The molecule has 2 aromatic carbocycles. The normalized spacial score (nSPS) is 12.2. The highest BCUT2D eigenvalue weighted by molar-refractivity contribution is 8.00. The molecule has 5 aromatic rings. The molecule has 1 atom stereocenters. The van der Waals surface area contributed by atoms with Crippen molar-refractivity contribution in [1.82, 2.24) is 15.2 Å². The predicted octanol–water partition coefficient (Wildman–Crippen LogP) is 6.34. The summed E-state index contributed by atoms with van der Waals surface area (Å²) in [6.45, 7) is 5.70. The zero-order valence-corrected chi connectivity index (χ0v) is 19.8. The van der Waals surface area contributed by atoms with Gasteiger partial charge in [-0.15, -0.1) is 21.5 Å². The highest BCUT2D eigenvalue weighted by atomic mass is 32.2.